The number of nitrogens with zero attached hydrogens (tertiary/aromatic N) is 2. The van der Waals surface area contributed by atoms with E-state index in [1.165, 1.54) is 4.31 Å². The smallest absolute Gasteiger partial charge is 0.215 e. The molecule has 0 aromatic carbocycles. The van der Waals surface area contributed by atoms with Gasteiger partial charge in [0.1, 0.15) is 0 Å². The lowest BCUT2D eigenvalue weighted by atomic mass is 10.2. The second-order valence-corrected chi connectivity index (χ2v) is 7.94. The van der Waals surface area contributed by atoms with E-state index in [9.17, 15) is 8.42 Å². The van der Waals surface area contributed by atoms with Crippen molar-refractivity contribution in [2.75, 3.05) is 12.3 Å². The standard InChI is InChI=1S/C14H21N3O2S2/c15-14(20)11-17(13-3-1-2-4-13)21(18,19)10-7-12-5-8-16-9-6-12/h5-6,8-9,13H,1-4,7,10-11H2,(H2,15,20). The molecular weight excluding hydrogens is 306 g/mol. The minimum Gasteiger partial charge on any atom is -0.392 e. The van der Waals surface area contributed by atoms with E-state index in [0.717, 1.165) is 31.2 Å². The maximum Gasteiger partial charge on any atom is 0.215 e. The SMILES string of the molecule is NC(=S)CN(C1CCCC1)S(=O)(=O)CCc1ccncc1. The molecule has 1 aromatic rings. The Morgan fingerprint density at radius 1 is 1.33 bits per heavy atom. The van der Waals surface area contributed by atoms with Gasteiger partial charge >= 0.3 is 0 Å². The lowest BCUT2D eigenvalue weighted by Gasteiger charge is -2.27. The number of aromatic nitrogens is 1. The third-order valence-electron chi connectivity index (χ3n) is 3.80. The summed E-state index contributed by atoms with van der Waals surface area (Å²) in [5.41, 5.74) is 6.55. The third kappa shape index (κ3) is 4.72. The Labute approximate surface area is 131 Å². The zero-order valence-electron chi connectivity index (χ0n) is 11.9. The van der Waals surface area contributed by atoms with Crippen molar-refractivity contribution in [3.05, 3.63) is 30.1 Å². The van der Waals surface area contributed by atoms with Crippen LogP contribution in [0.1, 0.15) is 31.2 Å². The van der Waals surface area contributed by atoms with Crippen molar-refractivity contribution >= 4 is 27.2 Å². The Morgan fingerprint density at radius 3 is 2.52 bits per heavy atom. The highest BCUT2D eigenvalue weighted by Gasteiger charge is 2.32. The molecule has 1 aromatic heterocycles. The van der Waals surface area contributed by atoms with Gasteiger partial charge in [0, 0.05) is 18.4 Å². The number of nitrogens with two attached hydrogens (primary N) is 1. The van der Waals surface area contributed by atoms with Gasteiger partial charge in [0.2, 0.25) is 10.0 Å². The molecule has 0 aliphatic heterocycles. The molecule has 0 saturated heterocycles. The van der Waals surface area contributed by atoms with Crippen LogP contribution >= 0.6 is 12.2 Å². The summed E-state index contributed by atoms with van der Waals surface area (Å²) in [7, 11) is -3.35. The molecule has 7 heteroatoms. The fourth-order valence-corrected chi connectivity index (χ4v) is 4.66. The quantitative estimate of drug-likeness (QED) is 0.768. The Hall–Kier alpha value is -1.05. The number of aryl methyl sites for hydroxylation is 1. The highest BCUT2D eigenvalue weighted by Crippen LogP contribution is 2.26. The zero-order chi connectivity index (χ0) is 15.3. The third-order valence-corrected chi connectivity index (χ3v) is 5.79. The molecule has 2 N–H and O–H groups in total. The van der Waals surface area contributed by atoms with Gasteiger partial charge in [-0.2, -0.15) is 4.31 Å². The van der Waals surface area contributed by atoms with Gasteiger partial charge in [-0.3, -0.25) is 4.98 Å². The van der Waals surface area contributed by atoms with Crippen LogP contribution in [0.25, 0.3) is 0 Å². The lowest BCUT2D eigenvalue weighted by Crippen LogP contribution is -2.44. The van der Waals surface area contributed by atoms with Crippen LogP contribution in [0.15, 0.2) is 24.5 Å². The maximum atomic E-state index is 12.6. The Balaban J connectivity index is 2.07. The van der Waals surface area contributed by atoms with Crippen LogP contribution in [0.2, 0.25) is 0 Å². The van der Waals surface area contributed by atoms with Crippen LogP contribution in [0.3, 0.4) is 0 Å². The molecule has 0 amide bonds. The van der Waals surface area contributed by atoms with Crippen LogP contribution in [0, 0.1) is 0 Å². The van der Waals surface area contributed by atoms with Crippen LogP contribution < -0.4 is 5.73 Å². The zero-order valence-corrected chi connectivity index (χ0v) is 13.6. The van der Waals surface area contributed by atoms with E-state index in [0.29, 0.717) is 6.42 Å². The summed E-state index contributed by atoms with van der Waals surface area (Å²) in [5, 5.41) is 0. The van der Waals surface area contributed by atoms with E-state index in [-0.39, 0.29) is 23.3 Å². The second kappa shape index (κ2) is 7.29. The highest BCUT2D eigenvalue weighted by atomic mass is 32.2. The summed E-state index contributed by atoms with van der Waals surface area (Å²) < 4.78 is 26.8. The summed E-state index contributed by atoms with van der Waals surface area (Å²) in [5.74, 6) is 0.0795. The van der Waals surface area contributed by atoms with Gasteiger partial charge in [0.05, 0.1) is 17.3 Å². The average Bonchev–Trinajstić information content (AvgIpc) is 2.97. The van der Waals surface area contributed by atoms with Crippen molar-refractivity contribution in [1.82, 2.24) is 9.29 Å². The van der Waals surface area contributed by atoms with Crippen molar-refractivity contribution in [3.8, 4) is 0 Å². The minimum absolute atomic E-state index is 0.0499. The summed E-state index contributed by atoms with van der Waals surface area (Å²) >= 11 is 4.92. The van der Waals surface area contributed by atoms with Gasteiger partial charge in [-0.25, -0.2) is 8.42 Å². The largest absolute Gasteiger partial charge is 0.392 e. The average molecular weight is 327 g/mol. The van der Waals surface area contributed by atoms with Gasteiger partial charge in [0.25, 0.3) is 0 Å². The monoisotopic (exact) mass is 327 g/mol. The van der Waals surface area contributed by atoms with Crippen LogP contribution in [0.5, 0.6) is 0 Å². The predicted octanol–water partition coefficient (Wildman–Crippen LogP) is 1.48. The number of sulfonamides is 1. The predicted molar refractivity (Wildman–Crippen MR) is 87.5 cm³/mol. The van der Waals surface area contributed by atoms with Crippen LogP contribution in [-0.4, -0.2) is 41.0 Å². The van der Waals surface area contributed by atoms with Crippen molar-refractivity contribution in [1.29, 1.82) is 0 Å². The molecule has 116 valence electrons. The summed E-state index contributed by atoms with van der Waals surface area (Å²) in [4.78, 5) is 4.16. The number of hydrogen-bond acceptors (Lipinski definition) is 4. The van der Waals surface area contributed by atoms with E-state index in [1.807, 2.05) is 12.1 Å². The lowest BCUT2D eigenvalue weighted by molar-refractivity contribution is 0.355. The number of rotatable bonds is 7. The van der Waals surface area contributed by atoms with Gasteiger partial charge in [-0.05, 0) is 37.0 Å². The molecule has 1 saturated carbocycles. The molecule has 1 aliphatic rings. The number of thiocarbonyl (C=S) groups is 1. The molecular formula is C14H21N3O2S2. The molecule has 0 bridgehead atoms. The fourth-order valence-electron chi connectivity index (χ4n) is 2.71. The Bertz CT molecular complexity index is 569. The minimum atomic E-state index is -3.35. The van der Waals surface area contributed by atoms with Crippen molar-refractivity contribution in [2.45, 2.75) is 38.1 Å². The van der Waals surface area contributed by atoms with E-state index >= 15 is 0 Å². The van der Waals surface area contributed by atoms with E-state index in [1.54, 1.807) is 12.4 Å². The van der Waals surface area contributed by atoms with E-state index in [4.69, 9.17) is 18.0 Å². The van der Waals surface area contributed by atoms with E-state index < -0.39 is 10.0 Å². The molecule has 0 spiro atoms. The second-order valence-electron chi connectivity index (χ2n) is 5.37. The Kier molecular flexibility index (Phi) is 5.66. The first kappa shape index (κ1) is 16.3. The molecule has 1 heterocycles. The van der Waals surface area contributed by atoms with Gasteiger partial charge in [-0.1, -0.05) is 25.1 Å². The first-order valence-corrected chi connectivity index (χ1v) is 9.17. The van der Waals surface area contributed by atoms with Crippen molar-refractivity contribution in [3.63, 3.8) is 0 Å². The highest BCUT2D eigenvalue weighted by molar-refractivity contribution is 7.89. The topological polar surface area (TPSA) is 76.3 Å². The molecule has 2 rings (SSSR count). The van der Waals surface area contributed by atoms with Crippen LogP contribution in [-0.2, 0) is 16.4 Å². The van der Waals surface area contributed by atoms with Gasteiger partial charge in [-0.15, -0.1) is 0 Å². The normalized spacial score (nSPS) is 16.4. The molecule has 21 heavy (non-hydrogen) atoms. The Morgan fingerprint density at radius 2 is 1.95 bits per heavy atom. The summed E-state index contributed by atoms with van der Waals surface area (Å²) in [6.45, 7) is 0.151. The summed E-state index contributed by atoms with van der Waals surface area (Å²) in [6, 6.07) is 3.72. The molecule has 1 fully saturated rings. The fraction of sp³-hybridized carbons (Fsp3) is 0.571. The molecule has 5 nitrogen and oxygen atoms in total. The number of pyridine rings is 1. The summed E-state index contributed by atoms with van der Waals surface area (Å²) in [6.07, 6.45) is 7.76. The van der Waals surface area contributed by atoms with Crippen LogP contribution in [0.4, 0.5) is 0 Å². The first-order valence-electron chi connectivity index (χ1n) is 7.16. The maximum absolute atomic E-state index is 12.6. The van der Waals surface area contributed by atoms with Gasteiger partial charge in [0.15, 0.2) is 0 Å². The number of hydrogen-bond donors (Lipinski definition) is 1. The van der Waals surface area contributed by atoms with Gasteiger partial charge < -0.3 is 5.73 Å². The molecule has 0 atom stereocenters. The molecule has 0 unspecified atom stereocenters. The molecule has 1 aliphatic carbocycles. The molecule has 0 radical (unpaired) electrons. The first-order chi connectivity index (χ1) is 9.99. The van der Waals surface area contributed by atoms with E-state index in [2.05, 4.69) is 4.98 Å². The van der Waals surface area contributed by atoms with Crippen molar-refractivity contribution in [2.24, 2.45) is 5.73 Å². The van der Waals surface area contributed by atoms with Crippen molar-refractivity contribution < 1.29 is 8.42 Å².